The number of amides is 1. The molecule has 2 rings (SSSR count). The van der Waals surface area contributed by atoms with Gasteiger partial charge in [-0.2, -0.15) is 0 Å². The highest BCUT2D eigenvalue weighted by atomic mass is 35.5. The Kier molecular flexibility index (Phi) is 5.17. The first-order chi connectivity index (χ1) is 9.81. The highest BCUT2D eigenvalue weighted by Gasteiger charge is 2.32. The molecule has 7 heteroatoms. The van der Waals surface area contributed by atoms with Gasteiger partial charge in [0, 0.05) is 13.1 Å². The van der Waals surface area contributed by atoms with E-state index in [-0.39, 0.29) is 11.7 Å². The topological polar surface area (TPSA) is 54.5 Å². The van der Waals surface area contributed by atoms with Crippen LogP contribution in [0.15, 0.2) is 18.2 Å². The molecule has 1 fully saturated rings. The summed E-state index contributed by atoms with van der Waals surface area (Å²) in [7, 11) is -3.57. The summed E-state index contributed by atoms with van der Waals surface area (Å²) in [6.45, 7) is 2.74. The van der Waals surface area contributed by atoms with Crippen molar-refractivity contribution in [3.05, 3.63) is 33.8 Å². The smallest absolute Gasteiger partial charge is 0.240 e. The third-order valence-electron chi connectivity index (χ3n) is 3.66. The van der Waals surface area contributed by atoms with Crippen molar-refractivity contribution in [2.45, 2.75) is 30.8 Å². The van der Waals surface area contributed by atoms with Gasteiger partial charge < -0.3 is 4.90 Å². The lowest BCUT2D eigenvalue weighted by Gasteiger charge is -2.20. The van der Waals surface area contributed by atoms with Gasteiger partial charge in [0.1, 0.15) is 5.25 Å². The molecule has 0 saturated carbocycles. The van der Waals surface area contributed by atoms with Crippen molar-refractivity contribution >= 4 is 38.9 Å². The Morgan fingerprint density at radius 3 is 2.43 bits per heavy atom. The summed E-state index contributed by atoms with van der Waals surface area (Å²) >= 11 is 11.7. The molecule has 0 N–H and O–H groups in total. The van der Waals surface area contributed by atoms with E-state index in [1.54, 1.807) is 17.0 Å². The quantitative estimate of drug-likeness (QED) is 0.839. The number of halogens is 2. The summed E-state index contributed by atoms with van der Waals surface area (Å²) in [6.07, 6.45) is 1.87. The maximum absolute atomic E-state index is 12.4. The Morgan fingerprint density at radius 2 is 1.86 bits per heavy atom. The summed E-state index contributed by atoms with van der Waals surface area (Å²) in [4.78, 5) is 13.8. The second-order valence-electron chi connectivity index (χ2n) is 5.23. The van der Waals surface area contributed by atoms with E-state index >= 15 is 0 Å². The number of carbonyl (C=O) groups excluding carboxylic acids is 1. The second-order valence-corrected chi connectivity index (χ2v) is 8.37. The molecular weight excluding hydrogens is 333 g/mol. The SMILES string of the molecule is CC(C(=O)N1CCCC1)S(=O)(=O)Cc1ccc(Cl)c(Cl)c1. The first kappa shape index (κ1) is 16.6. The van der Waals surface area contributed by atoms with Crippen molar-refractivity contribution in [3.63, 3.8) is 0 Å². The van der Waals surface area contributed by atoms with Crippen LogP contribution in [0.2, 0.25) is 10.0 Å². The first-order valence-electron chi connectivity index (χ1n) is 6.75. The molecule has 1 aliphatic heterocycles. The van der Waals surface area contributed by atoms with Crippen LogP contribution in [0.25, 0.3) is 0 Å². The van der Waals surface area contributed by atoms with Crippen LogP contribution in [0.4, 0.5) is 0 Å². The maximum Gasteiger partial charge on any atom is 0.240 e. The number of rotatable bonds is 4. The summed E-state index contributed by atoms with van der Waals surface area (Å²) < 4.78 is 24.7. The molecule has 0 bridgehead atoms. The van der Waals surface area contributed by atoms with Gasteiger partial charge in [0.15, 0.2) is 9.84 Å². The minimum absolute atomic E-state index is 0.218. The van der Waals surface area contributed by atoms with Crippen LogP contribution in [0.5, 0.6) is 0 Å². The normalized spacial score (nSPS) is 17.0. The van der Waals surface area contributed by atoms with Gasteiger partial charge in [-0.25, -0.2) is 8.42 Å². The van der Waals surface area contributed by atoms with Gasteiger partial charge in [-0.1, -0.05) is 29.3 Å². The third-order valence-corrected chi connectivity index (χ3v) is 6.41. The van der Waals surface area contributed by atoms with Crippen LogP contribution in [0.3, 0.4) is 0 Å². The van der Waals surface area contributed by atoms with Crippen molar-refractivity contribution < 1.29 is 13.2 Å². The van der Waals surface area contributed by atoms with Crippen molar-refractivity contribution in [2.24, 2.45) is 0 Å². The number of nitrogens with zero attached hydrogens (tertiary/aromatic N) is 1. The number of benzene rings is 1. The fourth-order valence-corrected chi connectivity index (χ4v) is 4.01. The van der Waals surface area contributed by atoms with Crippen LogP contribution in [-0.2, 0) is 20.4 Å². The molecule has 0 aliphatic carbocycles. The van der Waals surface area contributed by atoms with Crippen molar-refractivity contribution in [3.8, 4) is 0 Å². The zero-order chi connectivity index (χ0) is 15.6. The van der Waals surface area contributed by atoms with E-state index in [1.807, 2.05) is 0 Å². The molecule has 0 spiro atoms. The fraction of sp³-hybridized carbons (Fsp3) is 0.500. The Bertz CT molecular complexity index is 640. The van der Waals surface area contributed by atoms with E-state index in [9.17, 15) is 13.2 Å². The minimum atomic E-state index is -3.57. The van der Waals surface area contributed by atoms with E-state index in [2.05, 4.69) is 0 Å². The average molecular weight is 350 g/mol. The predicted molar refractivity (Wildman–Crippen MR) is 84.4 cm³/mol. The van der Waals surface area contributed by atoms with Crippen LogP contribution in [0.1, 0.15) is 25.3 Å². The average Bonchev–Trinajstić information content (AvgIpc) is 2.95. The molecule has 0 radical (unpaired) electrons. The molecule has 1 atom stereocenters. The van der Waals surface area contributed by atoms with Gasteiger partial charge >= 0.3 is 0 Å². The summed E-state index contributed by atoms with van der Waals surface area (Å²) in [6, 6.07) is 4.69. The maximum atomic E-state index is 12.4. The number of hydrogen-bond donors (Lipinski definition) is 0. The molecule has 0 aromatic heterocycles. The van der Waals surface area contributed by atoms with E-state index < -0.39 is 15.1 Å². The standard InChI is InChI=1S/C14H17Cl2NO3S/c1-10(14(18)17-6-2-3-7-17)21(19,20)9-11-4-5-12(15)13(16)8-11/h4-5,8,10H,2-3,6-7,9H2,1H3. The van der Waals surface area contributed by atoms with Crippen LogP contribution in [-0.4, -0.2) is 37.6 Å². The predicted octanol–water partition coefficient (Wildman–Crippen LogP) is 2.92. The van der Waals surface area contributed by atoms with E-state index in [1.165, 1.54) is 13.0 Å². The Labute approximate surface area is 134 Å². The molecule has 116 valence electrons. The van der Waals surface area contributed by atoms with Crippen LogP contribution < -0.4 is 0 Å². The lowest BCUT2D eigenvalue weighted by molar-refractivity contribution is -0.129. The molecule has 1 amide bonds. The molecule has 1 aromatic carbocycles. The zero-order valence-electron chi connectivity index (χ0n) is 11.7. The third kappa shape index (κ3) is 3.90. The van der Waals surface area contributed by atoms with Crippen LogP contribution >= 0.6 is 23.2 Å². The highest BCUT2D eigenvalue weighted by Crippen LogP contribution is 2.24. The summed E-state index contributed by atoms with van der Waals surface area (Å²) in [5, 5.41) is -0.355. The molecule has 1 heterocycles. The summed E-state index contributed by atoms with van der Waals surface area (Å²) in [5.41, 5.74) is 0.533. The van der Waals surface area contributed by atoms with Gasteiger partial charge in [-0.3, -0.25) is 4.79 Å². The van der Waals surface area contributed by atoms with E-state index in [0.29, 0.717) is 28.7 Å². The molecule has 1 saturated heterocycles. The molecule has 1 aliphatic rings. The van der Waals surface area contributed by atoms with Gasteiger partial charge in [0.2, 0.25) is 5.91 Å². The first-order valence-corrected chi connectivity index (χ1v) is 9.22. The number of likely N-dealkylation sites (tertiary alicyclic amines) is 1. The lowest BCUT2D eigenvalue weighted by atomic mass is 10.2. The Balaban J connectivity index is 2.13. The molecular formula is C14H17Cl2NO3S. The van der Waals surface area contributed by atoms with Gasteiger partial charge in [-0.05, 0) is 37.5 Å². The van der Waals surface area contributed by atoms with Crippen molar-refractivity contribution in [1.82, 2.24) is 4.90 Å². The number of hydrogen-bond acceptors (Lipinski definition) is 3. The largest absolute Gasteiger partial charge is 0.342 e. The van der Waals surface area contributed by atoms with Crippen molar-refractivity contribution in [1.29, 1.82) is 0 Å². The lowest BCUT2D eigenvalue weighted by Crippen LogP contribution is -2.40. The molecule has 4 nitrogen and oxygen atoms in total. The second kappa shape index (κ2) is 6.55. The minimum Gasteiger partial charge on any atom is -0.342 e. The Hall–Kier alpha value is -0.780. The monoisotopic (exact) mass is 349 g/mol. The highest BCUT2D eigenvalue weighted by molar-refractivity contribution is 7.92. The molecule has 1 aromatic rings. The van der Waals surface area contributed by atoms with Crippen LogP contribution in [0, 0.1) is 0 Å². The van der Waals surface area contributed by atoms with Gasteiger partial charge in [0.25, 0.3) is 0 Å². The van der Waals surface area contributed by atoms with Gasteiger partial charge in [0.05, 0.1) is 15.8 Å². The fourth-order valence-electron chi connectivity index (χ4n) is 2.33. The number of sulfone groups is 1. The van der Waals surface area contributed by atoms with Crippen molar-refractivity contribution in [2.75, 3.05) is 13.1 Å². The summed E-state index contributed by atoms with van der Waals surface area (Å²) in [5.74, 6) is -0.530. The van der Waals surface area contributed by atoms with E-state index in [0.717, 1.165) is 12.8 Å². The van der Waals surface area contributed by atoms with E-state index in [4.69, 9.17) is 23.2 Å². The molecule has 21 heavy (non-hydrogen) atoms. The zero-order valence-corrected chi connectivity index (χ0v) is 14.0. The Morgan fingerprint density at radius 1 is 1.24 bits per heavy atom. The van der Waals surface area contributed by atoms with Gasteiger partial charge in [-0.15, -0.1) is 0 Å². The number of carbonyl (C=O) groups is 1. The molecule has 1 unspecified atom stereocenters.